The van der Waals surface area contributed by atoms with Crippen molar-refractivity contribution in [1.82, 2.24) is 0 Å². The first kappa shape index (κ1) is 9.95. The SMILES string of the molecule is Cc1ccc(N)c(C#CCCCl)c1. The maximum Gasteiger partial charge on any atom is 0.0477 e. The highest BCUT2D eigenvalue weighted by molar-refractivity contribution is 6.18. The quantitative estimate of drug-likeness (QED) is 0.414. The fourth-order valence-corrected chi connectivity index (χ4v) is 1.08. The molecule has 0 aromatic heterocycles. The summed E-state index contributed by atoms with van der Waals surface area (Å²) in [4.78, 5) is 0. The number of hydrogen-bond acceptors (Lipinski definition) is 1. The topological polar surface area (TPSA) is 26.0 Å². The van der Waals surface area contributed by atoms with Crippen molar-refractivity contribution in [3.63, 3.8) is 0 Å². The summed E-state index contributed by atoms with van der Waals surface area (Å²) in [5, 5.41) is 0. The van der Waals surface area contributed by atoms with Crippen LogP contribution in [0.15, 0.2) is 18.2 Å². The van der Waals surface area contributed by atoms with Gasteiger partial charge in [-0.15, -0.1) is 11.6 Å². The van der Waals surface area contributed by atoms with Gasteiger partial charge in [0, 0.05) is 23.6 Å². The van der Waals surface area contributed by atoms with Crippen LogP contribution < -0.4 is 5.73 Å². The minimum atomic E-state index is 0.568. The monoisotopic (exact) mass is 193 g/mol. The lowest BCUT2D eigenvalue weighted by atomic mass is 10.1. The Bertz CT molecular complexity index is 347. The Balaban J connectivity index is 2.89. The van der Waals surface area contributed by atoms with Crippen LogP contribution in [0.1, 0.15) is 17.5 Å². The number of halogens is 1. The first-order valence-electron chi connectivity index (χ1n) is 4.15. The molecule has 1 aromatic carbocycles. The van der Waals surface area contributed by atoms with E-state index in [2.05, 4.69) is 11.8 Å². The van der Waals surface area contributed by atoms with Crippen LogP contribution in [0.25, 0.3) is 0 Å². The van der Waals surface area contributed by atoms with Crippen LogP contribution in [0, 0.1) is 18.8 Å². The van der Waals surface area contributed by atoms with Crippen LogP contribution in [0.3, 0.4) is 0 Å². The highest BCUT2D eigenvalue weighted by Gasteiger charge is 1.93. The Morgan fingerprint density at radius 1 is 1.46 bits per heavy atom. The number of rotatable bonds is 1. The summed E-state index contributed by atoms with van der Waals surface area (Å²) < 4.78 is 0. The second kappa shape index (κ2) is 4.79. The van der Waals surface area contributed by atoms with Crippen LogP contribution >= 0.6 is 11.6 Å². The first-order chi connectivity index (χ1) is 6.24. The van der Waals surface area contributed by atoms with Gasteiger partial charge in [0.2, 0.25) is 0 Å². The molecule has 1 nitrogen and oxygen atoms in total. The van der Waals surface area contributed by atoms with Gasteiger partial charge in [0.05, 0.1) is 0 Å². The molecule has 1 rings (SSSR count). The molecule has 0 bridgehead atoms. The zero-order valence-corrected chi connectivity index (χ0v) is 8.36. The number of aryl methyl sites for hydroxylation is 1. The molecular formula is C11H12ClN. The average molecular weight is 194 g/mol. The predicted octanol–water partition coefficient (Wildman–Crippen LogP) is 2.56. The molecule has 0 atom stereocenters. The molecule has 0 fully saturated rings. The van der Waals surface area contributed by atoms with Crippen molar-refractivity contribution < 1.29 is 0 Å². The van der Waals surface area contributed by atoms with Gasteiger partial charge in [0.25, 0.3) is 0 Å². The number of anilines is 1. The fourth-order valence-electron chi connectivity index (χ4n) is 0.983. The summed E-state index contributed by atoms with van der Waals surface area (Å²) in [6, 6.07) is 5.83. The Morgan fingerprint density at radius 2 is 2.23 bits per heavy atom. The highest BCUT2D eigenvalue weighted by atomic mass is 35.5. The molecule has 1 aromatic rings. The van der Waals surface area contributed by atoms with Crippen molar-refractivity contribution in [3.05, 3.63) is 29.3 Å². The number of nitrogens with two attached hydrogens (primary N) is 1. The average Bonchev–Trinajstić information content (AvgIpc) is 2.11. The van der Waals surface area contributed by atoms with E-state index in [0.29, 0.717) is 12.3 Å². The van der Waals surface area contributed by atoms with E-state index in [1.165, 1.54) is 5.56 Å². The number of nitrogen functional groups attached to an aromatic ring is 1. The van der Waals surface area contributed by atoms with Crippen molar-refractivity contribution in [2.24, 2.45) is 0 Å². The van der Waals surface area contributed by atoms with Gasteiger partial charge < -0.3 is 5.73 Å². The third-order valence-electron chi connectivity index (χ3n) is 1.65. The molecule has 0 radical (unpaired) electrons. The van der Waals surface area contributed by atoms with Crippen molar-refractivity contribution in [1.29, 1.82) is 0 Å². The standard InChI is InChI=1S/C11H12ClN/c1-9-5-6-11(13)10(8-9)4-2-3-7-12/h5-6,8H,3,7,13H2,1H3. The fraction of sp³-hybridized carbons (Fsp3) is 0.273. The molecular weight excluding hydrogens is 182 g/mol. The van der Waals surface area contributed by atoms with E-state index in [9.17, 15) is 0 Å². The summed E-state index contributed by atoms with van der Waals surface area (Å²) in [6.45, 7) is 2.02. The van der Waals surface area contributed by atoms with Gasteiger partial charge in [-0.1, -0.05) is 17.9 Å². The van der Waals surface area contributed by atoms with Crippen molar-refractivity contribution in [2.75, 3.05) is 11.6 Å². The summed E-state index contributed by atoms with van der Waals surface area (Å²) in [5.74, 6) is 6.52. The van der Waals surface area contributed by atoms with Crippen LogP contribution in [-0.2, 0) is 0 Å². The molecule has 2 heteroatoms. The Morgan fingerprint density at radius 3 is 2.92 bits per heavy atom. The summed E-state index contributed by atoms with van der Waals surface area (Å²) in [5.41, 5.74) is 8.53. The molecule has 0 amide bonds. The lowest BCUT2D eigenvalue weighted by Crippen LogP contribution is -1.90. The van der Waals surface area contributed by atoms with E-state index in [0.717, 1.165) is 11.3 Å². The first-order valence-corrected chi connectivity index (χ1v) is 4.68. The Kier molecular flexibility index (Phi) is 3.67. The van der Waals surface area contributed by atoms with Crippen molar-refractivity contribution in [3.8, 4) is 11.8 Å². The lowest BCUT2D eigenvalue weighted by Gasteiger charge is -1.98. The van der Waals surface area contributed by atoms with Gasteiger partial charge in [-0.25, -0.2) is 0 Å². The van der Waals surface area contributed by atoms with E-state index < -0.39 is 0 Å². The molecule has 0 heterocycles. The van der Waals surface area contributed by atoms with Crippen molar-refractivity contribution >= 4 is 17.3 Å². The van der Waals surface area contributed by atoms with E-state index in [-0.39, 0.29) is 0 Å². The minimum Gasteiger partial charge on any atom is -0.398 e. The van der Waals surface area contributed by atoms with E-state index in [1.807, 2.05) is 25.1 Å². The van der Waals surface area contributed by atoms with E-state index >= 15 is 0 Å². The van der Waals surface area contributed by atoms with E-state index in [4.69, 9.17) is 17.3 Å². The van der Waals surface area contributed by atoms with Gasteiger partial charge in [0.1, 0.15) is 0 Å². The van der Waals surface area contributed by atoms with Gasteiger partial charge in [-0.3, -0.25) is 0 Å². The maximum absolute atomic E-state index is 5.74. The normalized spacial score (nSPS) is 9.08. The molecule has 13 heavy (non-hydrogen) atoms. The molecule has 68 valence electrons. The number of benzene rings is 1. The summed E-state index contributed by atoms with van der Waals surface area (Å²) in [7, 11) is 0. The number of alkyl halides is 1. The molecule has 2 N–H and O–H groups in total. The Hall–Kier alpha value is -1.13. The molecule has 0 spiro atoms. The van der Waals surface area contributed by atoms with Gasteiger partial charge in [-0.05, 0) is 24.6 Å². The van der Waals surface area contributed by atoms with Crippen LogP contribution in [0.4, 0.5) is 5.69 Å². The zero-order valence-electron chi connectivity index (χ0n) is 7.60. The second-order valence-electron chi connectivity index (χ2n) is 2.83. The lowest BCUT2D eigenvalue weighted by molar-refractivity contribution is 1.29. The molecule has 0 saturated heterocycles. The predicted molar refractivity (Wildman–Crippen MR) is 57.8 cm³/mol. The summed E-state index contributed by atoms with van der Waals surface area (Å²) in [6.07, 6.45) is 0.703. The smallest absolute Gasteiger partial charge is 0.0477 e. The van der Waals surface area contributed by atoms with Crippen molar-refractivity contribution in [2.45, 2.75) is 13.3 Å². The number of hydrogen-bond donors (Lipinski definition) is 1. The van der Waals surface area contributed by atoms with Crippen LogP contribution in [-0.4, -0.2) is 5.88 Å². The van der Waals surface area contributed by atoms with Crippen LogP contribution in [0.2, 0.25) is 0 Å². The second-order valence-corrected chi connectivity index (χ2v) is 3.21. The molecule has 0 unspecified atom stereocenters. The zero-order chi connectivity index (χ0) is 9.68. The van der Waals surface area contributed by atoms with Gasteiger partial charge in [-0.2, -0.15) is 0 Å². The van der Waals surface area contributed by atoms with E-state index in [1.54, 1.807) is 0 Å². The maximum atomic E-state index is 5.74. The molecule has 0 aliphatic heterocycles. The van der Waals surface area contributed by atoms with Gasteiger partial charge in [0.15, 0.2) is 0 Å². The largest absolute Gasteiger partial charge is 0.398 e. The third-order valence-corrected chi connectivity index (χ3v) is 1.84. The van der Waals surface area contributed by atoms with Crippen LogP contribution in [0.5, 0.6) is 0 Å². The van der Waals surface area contributed by atoms with Gasteiger partial charge >= 0.3 is 0 Å². The molecule has 0 aliphatic rings. The third kappa shape index (κ3) is 3.01. The minimum absolute atomic E-state index is 0.568. The molecule has 0 saturated carbocycles. The summed E-state index contributed by atoms with van der Waals surface area (Å²) >= 11 is 5.51. The molecule has 0 aliphatic carbocycles. The Labute approximate surface area is 83.9 Å². The highest BCUT2D eigenvalue weighted by Crippen LogP contribution is 2.11.